The maximum atomic E-state index is 10.7. The molecule has 0 aromatic heterocycles. The number of carbonyl (C=O) groups is 4. The topological polar surface area (TPSA) is 231 Å². The molecule has 11 N–H and O–H groups in total. The average Bonchev–Trinajstić information content (AvgIpc) is 2.15. The van der Waals surface area contributed by atoms with Crippen LogP contribution in [-0.4, -0.2) is 56.4 Å². The standard InChI is InChI=1S/C8H11NO8.Fe.2H3N/c10-4(11)2-1-3(6(12)13)9-5(7(14)15)8(16)17;;;/h3,5,9H,1-2H2,(H,10,11)(H,12,13)(H,14,15)(H,16,17);;2*1H3/t3-;;;/m0.../s1. The summed E-state index contributed by atoms with van der Waals surface area (Å²) in [6.45, 7) is 0. The molecule has 0 saturated carbocycles. The molecule has 0 fully saturated rings. The maximum absolute atomic E-state index is 10.7. The van der Waals surface area contributed by atoms with E-state index in [1.165, 1.54) is 0 Å². The van der Waals surface area contributed by atoms with Gasteiger partial charge in [-0.3, -0.25) is 14.9 Å². The van der Waals surface area contributed by atoms with Crippen molar-refractivity contribution in [2.75, 3.05) is 0 Å². The minimum Gasteiger partial charge on any atom is -0.481 e. The molecule has 11 nitrogen and oxygen atoms in total. The van der Waals surface area contributed by atoms with Gasteiger partial charge in [-0.25, -0.2) is 9.59 Å². The van der Waals surface area contributed by atoms with Crippen molar-refractivity contribution in [1.82, 2.24) is 17.6 Å². The summed E-state index contributed by atoms with van der Waals surface area (Å²) in [5.74, 6) is -6.28. The monoisotopic (exact) mass is 339 g/mol. The number of rotatable bonds is 8. The van der Waals surface area contributed by atoms with Crippen molar-refractivity contribution in [3.8, 4) is 0 Å². The largest absolute Gasteiger partial charge is 0.481 e. The predicted octanol–water partition coefficient (Wildman–Crippen LogP) is -1.25. The van der Waals surface area contributed by atoms with Crippen molar-refractivity contribution in [2.45, 2.75) is 24.9 Å². The molecule has 0 aromatic carbocycles. The van der Waals surface area contributed by atoms with E-state index in [1.807, 2.05) is 5.32 Å². The molecule has 0 heterocycles. The first-order chi connectivity index (χ1) is 7.75. The number of nitrogens with one attached hydrogen (secondary N) is 1. The summed E-state index contributed by atoms with van der Waals surface area (Å²) in [5, 5.41) is 35.8. The van der Waals surface area contributed by atoms with E-state index in [4.69, 9.17) is 20.4 Å². The second-order valence-electron chi connectivity index (χ2n) is 3.10. The van der Waals surface area contributed by atoms with E-state index in [-0.39, 0.29) is 29.4 Å². The van der Waals surface area contributed by atoms with Crippen LogP contribution in [0.5, 0.6) is 0 Å². The summed E-state index contributed by atoms with van der Waals surface area (Å²) in [4.78, 5) is 41.8. The molecule has 20 heavy (non-hydrogen) atoms. The molecule has 0 aliphatic heterocycles. The van der Waals surface area contributed by atoms with Gasteiger partial charge in [0.2, 0.25) is 6.04 Å². The van der Waals surface area contributed by atoms with Crippen molar-refractivity contribution in [1.29, 1.82) is 0 Å². The third-order valence-corrected chi connectivity index (χ3v) is 1.81. The summed E-state index contributed by atoms with van der Waals surface area (Å²) < 4.78 is 0. The van der Waals surface area contributed by atoms with Gasteiger partial charge in [0.25, 0.3) is 0 Å². The Morgan fingerprint density at radius 2 is 1.25 bits per heavy atom. The fraction of sp³-hybridized carbons (Fsp3) is 0.500. The number of carboxylic acids is 4. The first-order valence-electron chi connectivity index (χ1n) is 4.42. The number of hydrogen-bond acceptors (Lipinski definition) is 7. The van der Waals surface area contributed by atoms with E-state index in [9.17, 15) is 19.2 Å². The summed E-state index contributed by atoms with van der Waals surface area (Å²) in [6, 6.07) is -3.65. The van der Waals surface area contributed by atoms with Crippen LogP contribution in [0, 0.1) is 0 Å². The molecule has 0 rings (SSSR count). The van der Waals surface area contributed by atoms with Crippen LogP contribution in [-0.2, 0) is 36.2 Å². The van der Waals surface area contributed by atoms with E-state index in [0.29, 0.717) is 0 Å². The minimum absolute atomic E-state index is 0. The van der Waals surface area contributed by atoms with Crippen molar-refractivity contribution >= 4 is 23.9 Å². The van der Waals surface area contributed by atoms with Crippen LogP contribution in [0.2, 0.25) is 0 Å². The fourth-order valence-electron chi connectivity index (χ4n) is 0.995. The van der Waals surface area contributed by atoms with Crippen molar-refractivity contribution in [3.63, 3.8) is 0 Å². The Kier molecular flexibility index (Phi) is 16.5. The van der Waals surface area contributed by atoms with Crippen LogP contribution in [0.15, 0.2) is 0 Å². The Morgan fingerprint density at radius 3 is 1.50 bits per heavy atom. The van der Waals surface area contributed by atoms with Crippen LogP contribution in [0.3, 0.4) is 0 Å². The molecule has 0 unspecified atom stereocenters. The molecule has 0 radical (unpaired) electrons. The van der Waals surface area contributed by atoms with Gasteiger partial charge in [-0.2, -0.15) is 0 Å². The summed E-state index contributed by atoms with van der Waals surface area (Å²) in [7, 11) is 0. The molecule has 0 spiro atoms. The van der Waals surface area contributed by atoms with E-state index in [0.717, 1.165) is 0 Å². The van der Waals surface area contributed by atoms with E-state index >= 15 is 0 Å². The first kappa shape index (κ1) is 26.8. The Balaban J connectivity index is -0.000000427. The Morgan fingerprint density at radius 1 is 0.850 bits per heavy atom. The fourth-order valence-corrected chi connectivity index (χ4v) is 0.995. The summed E-state index contributed by atoms with van der Waals surface area (Å²) in [6.07, 6.45) is -0.933. The van der Waals surface area contributed by atoms with Gasteiger partial charge in [-0.15, -0.1) is 0 Å². The first-order valence-corrected chi connectivity index (χ1v) is 4.42. The zero-order chi connectivity index (χ0) is 13.6. The van der Waals surface area contributed by atoms with Gasteiger partial charge < -0.3 is 32.7 Å². The molecule has 120 valence electrons. The zero-order valence-electron chi connectivity index (χ0n) is 10.3. The average molecular weight is 339 g/mol. The van der Waals surface area contributed by atoms with Crippen LogP contribution in [0.4, 0.5) is 0 Å². The Labute approximate surface area is 124 Å². The van der Waals surface area contributed by atoms with Crippen LogP contribution in [0.25, 0.3) is 0 Å². The molecule has 0 aliphatic rings. The molecule has 12 heteroatoms. The number of hydrogen-bond donors (Lipinski definition) is 7. The molecular formula is C8H17FeN3O8. The molecule has 0 saturated heterocycles. The van der Waals surface area contributed by atoms with Crippen LogP contribution >= 0.6 is 0 Å². The smallest absolute Gasteiger partial charge is 0.332 e. The molecular weight excluding hydrogens is 322 g/mol. The molecule has 0 amide bonds. The van der Waals surface area contributed by atoms with Crippen molar-refractivity contribution in [2.24, 2.45) is 0 Å². The van der Waals surface area contributed by atoms with Crippen molar-refractivity contribution < 1.29 is 56.7 Å². The van der Waals surface area contributed by atoms with Crippen LogP contribution in [0.1, 0.15) is 12.8 Å². The number of aliphatic carboxylic acids is 4. The molecule has 0 aliphatic carbocycles. The normalized spacial score (nSPS) is 10.2. The van der Waals surface area contributed by atoms with E-state index in [1.54, 1.807) is 0 Å². The third-order valence-electron chi connectivity index (χ3n) is 1.81. The molecule has 0 bridgehead atoms. The van der Waals surface area contributed by atoms with E-state index in [2.05, 4.69) is 0 Å². The quantitative estimate of drug-likeness (QED) is 0.204. The summed E-state index contributed by atoms with van der Waals surface area (Å²) >= 11 is 0. The van der Waals surface area contributed by atoms with Gasteiger partial charge in [-0.1, -0.05) is 0 Å². The maximum Gasteiger partial charge on any atom is 0.332 e. The number of carboxylic acid groups (broad SMARTS) is 4. The van der Waals surface area contributed by atoms with Gasteiger partial charge in [0.05, 0.1) is 0 Å². The Bertz CT molecular complexity index is 337. The van der Waals surface area contributed by atoms with Gasteiger partial charge >= 0.3 is 23.9 Å². The van der Waals surface area contributed by atoms with Crippen LogP contribution < -0.4 is 17.6 Å². The van der Waals surface area contributed by atoms with Crippen molar-refractivity contribution in [3.05, 3.63) is 0 Å². The van der Waals surface area contributed by atoms with Gasteiger partial charge in [0, 0.05) is 23.5 Å². The zero-order valence-corrected chi connectivity index (χ0v) is 11.4. The minimum atomic E-state index is -2.09. The summed E-state index contributed by atoms with van der Waals surface area (Å²) in [5.41, 5.74) is 0. The molecule has 0 aromatic rings. The van der Waals surface area contributed by atoms with E-state index < -0.39 is 48.8 Å². The van der Waals surface area contributed by atoms with Gasteiger partial charge in [0.15, 0.2) is 0 Å². The second-order valence-corrected chi connectivity index (χ2v) is 3.10. The second kappa shape index (κ2) is 12.3. The molecule has 1 atom stereocenters. The Hall–Kier alpha value is -1.72. The van der Waals surface area contributed by atoms with Gasteiger partial charge in [-0.05, 0) is 6.42 Å². The predicted molar refractivity (Wildman–Crippen MR) is 60.5 cm³/mol. The third kappa shape index (κ3) is 10.2. The van der Waals surface area contributed by atoms with Gasteiger partial charge in [0.1, 0.15) is 6.04 Å². The SMILES string of the molecule is N.N.O=C(O)CC[C@H](NC(C(=O)O)C(=O)O)C(=O)O.[Fe].